The van der Waals surface area contributed by atoms with Crippen LogP contribution in [0.3, 0.4) is 0 Å². The van der Waals surface area contributed by atoms with Crippen LogP contribution in [0, 0.1) is 5.92 Å². The molecule has 0 amide bonds. The third-order valence-corrected chi connectivity index (χ3v) is 1.86. The summed E-state index contributed by atoms with van der Waals surface area (Å²) in [5.41, 5.74) is 0. The predicted molar refractivity (Wildman–Crippen MR) is 37.8 cm³/mol. The molecule has 0 radical (unpaired) electrons. The van der Waals surface area contributed by atoms with Gasteiger partial charge in [0.15, 0.2) is 0 Å². The average molecular weight is 147 g/mol. The summed E-state index contributed by atoms with van der Waals surface area (Å²) in [5.74, 6) is 0.303. The van der Waals surface area contributed by atoms with Gasteiger partial charge in [-0.2, -0.15) is 0 Å². The van der Waals surface area contributed by atoms with E-state index in [4.69, 9.17) is 4.74 Å². The van der Waals surface area contributed by atoms with E-state index in [1.54, 1.807) is 7.11 Å². The monoisotopic (exact) mass is 147 g/mol. The Morgan fingerprint density at radius 2 is 2.30 bits per heavy atom. The number of ether oxygens (including phenoxy) is 1. The molecule has 60 valence electrons. The van der Waals surface area contributed by atoms with E-state index < -0.39 is 0 Å². The number of likely N-dealkylation sites (tertiary alicyclic amines) is 1. The van der Waals surface area contributed by atoms with Crippen molar-refractivity contribution in [1.82, 2.24) is 4.90 Å². The van der Waals surface area contributed by atoms with Crippen LogP contribution in [-0.4, -0.2) is 44.9 Å². The summed E-state index contributed by atoms with van der Waals surface area (Å²) in [6.45, 7) is 3.38. The zero-order valence-electron chi connectivity index (χ0n) is 6.35. The van der Waals surface area contributed by atoms with Gasteiger partial charge in [-0.15, -0.1) is 0 Å². The lowest BCUT2D eigenvalue weighted by molar-refractivity contribution is 0.0524. The second kappa shape index (κ2) is 3.88. The van der Waals surface area contributed by atoms with Gasteiger partial charge < -0.3 is 9.64 Å². The van der Waals surface area contributed by atoms with Gasteiger partial charge in [0.2, 0.25) is 0 Å². The number of methoxy groups -OCH3 is 1. The highest BCUT2D eigenvalue weighted by molar-refractivity contribution is 4.78. The Kier molecular flexibility index (Phi) is 3.09. The normalized spacial score (nSPS) is 21.0. The van der Waals surface area contributed by atoms with E-state index in [0.717, 1.165) is 26.2 Å². The highest BCUT2D eigenvalue weighted by Gasteiger charge is 2.25. The zero-order chi connectivity index (χ0) is 7.40. The second-order valence-corrected chi connectivity index (χ2v) is 2.77. The van der Waals surface area contributed by atoms with Gasteiger partial charge in [0.1, 0.15) is 0 Å². The molecule has 0 unspecified atom stereocenters. The summed E-state index contributed by atoms with van der Waals surface area (Å²) in [6, 6.07) is 0. The lowest BCUT2D eigenvalue weighted by Gasteiger charge is -2.37. The number of alkyl halides is 1. The van der Waals surface area contributed by atoms with Gasteiger partial charge in [-0.05, 0) is 0 Å². The molecule has 0 N–H and O–H groups in total. The number of hydrogen-bond acceptors (Lipinski definition) is 2. The van der Waals surface area contributed by atoms with Crippen LogP contribution in [-0.2, 0) is 4.74 Å². The summed E-state index contributed by atoms with van der Waals surface area (Å²) in [6.07, 6.45) is 0. The van der Waals surface area contributed by atoms with Crippen molar-refractivity contribution in [2.45, 2.75) is 0 Å². The zero-order valence-corrected chi connectivity index (χ0v) is 6.35. The highest BCUT2D eigenvalue weighted by atomic mass is 19.1. The minimum absolute atomic E-state index is 0.163. The Bertz CT molecular complexity index is 90.9. The lowest BCUT2D eigenvalue weighted by Crippen LogP contribution is -2.48. The highest BCUT2D eigenvalue weighted by Crippen LogP contribution is 2.14. The maximum absolute atomic E-state index is 11.9. The van der Waals surface area contributed by atoms with Crippen LogP contribution in [0.15, 0.2) is 0 Å². The van der Waals surface area contributed by atoms with E-state index in [9.17, 15) is 4.39 Å². The first-order valence-electron chi connectivity index (χ1n) is 3.64. The predicted octanol–water partition coefficient (Wildman–Crippen LogP) is 0.534. The fourth-order valence-electron chi connectivity index (χ4n) is 1.18. The van der Waals surface area contributed by atoms with Crippen molar-refractivity contribution >= 4 is 0 Å². The van der Waals surface area contributed by atoms with Crippen molar-refractivity contribution in [3.05, 3.63) is 0 Å². The standard InChI is InChI=1S/C7H14FNO/c1-10-3-2-9-5-7(4-8)6-9/h7H,2-6H2,1H3. The molecule has 0 aromatic heterocycles. The van der Waals surface area contributed by atoms with Crippen LogP contribution < -0.4 is 0 Å². The van der Waals surface area contributed by atoms with Crippen molar-refractivity contribution in [3.8, 4) is 0 Å². The van der Waals surface area contributed by atoms with E-state index >= 15 is 0 Å². The maximum atomic E-state index is 11.9. The van der Waals surface area contributed by atoms with E-state index in [0.29, 0.717) is 5.92 Å². The van der Waals surface area contributed by atoms with Gasteiger partial charge in [0, 0.05) is 32.7 Å². The lowest BCUT2D eigenvalue weighted by atomic mass is 10.0. The first-order chi connectivity index (χ1) is 4.86. The quantitative estimate of drug-likeness (QED) is 0.575. The van der Waals surface area contributed by atoms with Crippen molar-refractivity contribution in [1.29, 1.82) is 0 Å². The van der Waals surface area contributed by atoms with Crippen molar-refractivity contribution in [2.75, 3.05) is 40.0 Å². The molecule has 2 nitrogen and oxygen atoms in total. The summed E-state index contributed by atoms with van der Waals surface area (Å²) in [4.78, 5) is 2.20. The first-order valence-corrected chi connectivity index (χ1v) is 3.64. The third kappa shape index (κ3) is 1.92. The summed E-state index contributed by atoms with van der Waals surface area (Å²) >= 11 is 0. The largest absolute Gasteiger partial charge is 0.383 e. The molecule has 0 aromatic carbocycles. The first kappa shape index (κ1) is 7.95. The van der Waals surface area contributed by atoms with Crippen LogP contribution in [0.25, 0.3) is 0 Å². The van der Waals surface area contributed by atoms with Crippen molar-refractivity contribution in [2.24, 2.45) is 5.92 Å². The van der Waals surface area contributed by atoms with Gasteiger partial charge in [-0.1, -0.05) is 0 Å². The van der Waals surface area contributed by atoms with E-state index in [1.807, 2.05) is 0 Å². The molecule has 3 heteroatoms. The molecule has 1 aliphatic heterocycles. The average Bonchev–Trinajstić information content (AvgIpc) is 1.86. The topological polar surface area (TPSA) is 12.5 Å². The smallest absolute Gasteiger partial charge is 0.0947 e. The van der Waals surface area contributed by atoms with Gasteiger partial charge >= 0.3 is 0 Å². The molecular weight excluding hydrogens is 133 g/mol. The molecule has 0 aromatic rings. The molecule has 0 atom stereocenters. The third-order valence-electron chi connectivity index (χ3n) is 1.86. The molecule has 0 saturated carbocycles. The van der Waals surface area contributed by atoms with Gasteiger partial charge in [-0.25, -0.2) is 0 Å². The SMILES string of the molecule is COCCN1CC(CF)C1. The van der Waals surface area contributed by atoms with E-state index in [-0.39, 0.29) is 6.67 Å². The van der Waals surface area contributed by atoms with Crippen LogP contribution in [0.2, 0.25) is 0 Å². The molecular formula is C7H14FNO. The molecule has 1 rings (SSSR count). The minimum atomic E-state index is -0.163. The number of nitrogens with zero attached hydrogens (tertiary/aromatic N) is 1. The van der Waals surface area contributed by atoms with Crippen LogP contribution in [0.1, 0.15) is 0 Å². The van der Waals surface area contributed by atoms with Gasteiger partial charge in [0.25, 0.3) is 0 Å². The Labute approximate surface area is 61.0 Å². The van der Waals surface area contributed by atoms with Crippen LogP contribution in [0.5, 0.6) is 0 Å². The van der Waals surface area contributed by atoms with Crippen LogP contribution in [0.4, 0.5) is 4.39 Å². The molecule has 1 saturated heterocycles. The Balaban J connectivity index is 1.93. The molecule has 0 aliphatic carbocycles. The van der Waals surface area contributed by atoms with E-state index in [1.165, 1.54) is 0 Å². The summed E-state index contributed by atoms with van der Waals surface area (Å²) in [5, 5.41) is 0. The Morgan fingerprint density at radius 3 is 2.80 bits per heavy atom. The van der Waals surface area contributed by atoms with Crippen LogP contribution >= 0.6 is 0 Å². The molecule has 0 spiro atoms. The molecule has 1 fully saturated rings. The molecule has 0 bridgehead atoms. The Hall–Kier alpha value is -0.150. The maximum Gasteiger partial charge on any atom is 0.0947 e. The van der Waals surface area contributed by atoms with Gasteiger partial charge in [0.05, 0.1) is 13.3 Å². The van der Waals surface area contributed by atoms with Crippen molar-refractivity contribution < 1.29 is 9.13 Å². The number of rotatable bonds is 4. The Morgan fingerprint density at radius 1 is 1.60 bits per heavy atom. The minimum Gasteiger partial charge on any atom is -0.383 e. The summed E-state index contributed by atoms with van der Waals surface area (Å²) in [7, 11) is 1.69. The fourth-order valence-corrected chi connectivity index (χ4v) is 1.18. The molecule has 10 heavy (non-hydrogen) atoms. The summed E-state index contributed by atoms with van der Waals surface area (Å²) < 4.78 is 16.8. The van der Waals surface area contributed by atoms with E-state index in [2.05, 4.69) is 4.90 Å². The van der Waals surface area contributed by atoms with Crippen molar-refractivity contribution in [3.63, 3.8) is 0 Å². The number of halogens is 1. The number of hydrogen-bond donors (Lipinski definition) is 0. The molecule has 1 heterocycles. The fraction of sp³-hybridized carbons (Fsp3) is 1.00. The van der Waals surface area contributed by atoms with Gasteiger partial charge in [-0.3, -0.25) is 4.39 Å². The second-order valence-electron chi connectivity index (χ2n) is 2.77. The molecule has 1 aliphatic rings.